The summed E-state index contributed by atoms with van der Waals surface area (Å²) < 4.78 is 26.1. The van der Waals surface area contributed by atoms with Crippen molar-refractivity contribution >= 4 is 22.4 Å². The molecule has 7 heteroatoms. The lowest BCUT2D eigenvalue weighted by Gasteiger charge is -2.12. The molecule has 0 spiro atoms. The standard InChI is InChI=1S/C16H18F2N2O2S/c1-9(2)14(21)7-15(22)20-16-19-8-11(23-16)5-10-3-4-12(17)13(18)6-10/h3-4,6,8-9,14,21H,5,7H2,1-2H3,(H,19,20,22). The molecule has 2 aromatic rings. The number of amides is 1. The summed E-state index contributed by atoms with van der Waals surface area (Å²) in [6.07, 6.45) is 1.30. The number of halogens is 2. The van der Waals surface area contributed by atoms with E-state index in [1.165, 1.54) is 17.4 Å². The summed E-state index contributed by atoms with van der Waals surface area (Å²) in [6.45, 7) is 3.67. The lowest BCUT2D eigenvalue weighted by Crippen LogP contribution is -2.23. The number of nitrogens with zero attached hydrogens (tertiary/aromatic N) is 1. The van der Waals surface area contributed by atoms with E-state index in [4.69, 9.17) is 0 Å². The van der Waals surface area contributed by atoms with Crippen LogP contribution in [0.1, 0.15) is 30.7 Å². The van der Waals surface area contributed by atoms with Crippen LogP contribution in [0, 0.1) is 17.6 Å². The highest BCUT2D eigenvalue weighted by Gasteiger charge is 2.15. The molecule has 1 aromatic heterocycles. The minimum atomic E-state index is -0.886. The zero-order valence-corrected chi connectivity index (χ0v) is 13.7. The van der Waals surface area contributed by atoms with Gasteiger partial charge in [-0.2, -0.15) is 0 Å². The second-order valence-electron chi connectivity index (χ2n) is 5.62. The van der Waals surface area contributed by atoms with E-state index < -0.39 is 17.7 Å². The number of hydrogen-bond acceptors (Lipinski definition) is 4. The number of aliphatic hydroxyl groups excluding tert-OH is 1. The molecule has 2 N–H and O–H groups in total. The average molecular weight is 340 g/mol. The smallest absolute Gasteiger partial charge is 0.228 e. The zero-order chi connectivity index (χ0) is 17.0. The van der Waals surface area contributed by atoms with E-state index in [2.05, 4.69) is 10.3 Å². The van der Waals surface area contributed by atoms with Crippen molar-refractivity contribution in [3.8, 4) is 0 Å². The van der Waals surface area contributed by atoms with Crippen molar-refractivity contribution in [3.63, 3.8) is 0 Å². The highest BCUT2D eigenvalue weighted by molar-refractivity contribution is 7.15. The fourth-order valence-corrected chi connectivity index (χ4v) is 2.76. The zero-order valence-electron chi connectivity index (χ0n) is 12.8. The van der Waals surface area contributed by atoms with Gasteiger partial charge in [0.25, 0.3) is 0 Å². The van der Waals surface area contributed by atoms with E-state index >= 15 is 0 Å². The number of aromatic nitrogens is 1. The molecular weight excluding hydrogens is 322 g/mol. The summed E-state index contributed by atoms with van der Waals surface area (Å²) in [7, 11) is 0. The fourth-order valence-electron chi connectivity index (χ4n) is 1.89. The summed E-state index contributed by atoms with van der Waals surface area (Å²) in [6, 6.07) is 3.74. The van der Waals surface area contributed by atoms with Crippen molar-refractivity contribution in [1.82, 2.24) is 4.98 Å². The Balaban J connectivity index is 1.95. The molecule has 1 aromatic carbocycles. The molecule has 1 heterocycles. The number of anilines is 1. The first-order valence-corrected chi connectivity index (χ1v) is 8.03. The van der Waals surface area contributed by atoms with Crippen LogP contribution in [-0.2, 0) is 11.2 Å². The SMILES string of the molecule is CC(C)C(O)CC(=O)Nc1ncc(Cc2ccc(F)c(F)c2)s1. The Morgan fingerprint density at radius 3 is 2.74 bits per heavy atom. The molecule has 0 bridgehead atoms. The summed E-state index contributed by atoms with van der Waals surface area (Å²) in [5.41, 5.74) is 0.626. The lowest BCUT2D eigenvalue weighted by atomic mass is 10.0. The largest absolute Gasteiger partial charge is 0.392 e. The van der Waals surface area contributed by atoms with Crippen LogP contribution in [0.4, 0.5) is 13.9 Å². The average Bonchev–Trinajstić information content (AvgIpc) is 2.89. The van der Waals surface area contributed by atoms with E-state index in [1.54, 1.807) is 6.20 Å². The number of thiazole rings is 1. The Morgan fingerprint density at radius 1 is 1.35 bits per heavy atom. The van der Waals surface area contributed by atoms with Crippen LogP contribution in [0.15, 0.2) is 24.4 Å². The predicted octanol–water partition coefficient (Wildman–Crippen LogP) is 3.36. The Labute approximate surface area is 137 Å². The van der Waals surface area contributed by atoms with Gasteiger partial charge in [-0.3, -0.25) is 4.79 Å². The van der Waals surface area contributed by atoms with Crippen molar-refractivity contribution in [1.29, 1.82) is 0 Å². The first kappa shape index (κ1) is 17.5. The number of aliphatic hydroxyl groups is 1. The third kappa shape index (κ3) is 5.07. The van der Waals surface area contributed by atoms with Crippen molar-refractivity contribution in [3.05, 3.63) is 46.5 Å². The van der Waals surface area contributed by atoms with Crippen LogP contribution >= 0.6 is 11.3 Å². The molecule has 0 radical (unpaired) electrons. The first-order valence-electron chi connectivity index (χ1n) is 7.21. The number of benzene rings is 1. The quantitative estimate of drug-likeness (QED) is 0.848. The molecule has 1 atom stereocenters. The monoisotopic (exact) mass is 340 g/mol. The lowest BCUT2D eigenvalue weighted by molar-refractivity contribution is -0.118. The van der Waals surface area contributed by atoms with Crippen LogP contribution in [0.2, 0.25) is 0 Å². The normalized spacial score (nSPS) is 12.4. The van der Waals surface area contributed by atoms with Gasteiger partial charge in [0.05, 0.1) is 12.5 Å². The van der Waals surface area contributed by atoms with Gasteiger partial charge in [0, 0.05) is 17.5 Å². The molecule has 0 fully saturated rings. The third-order valence-electron chi connectivity index (χ3n) is 3.33. The van der Waals surface area contributed by atoms with Gasteiger partial charge in [0.15, 0.2) is 16.8 Å². The van der Waals surface area contributed by atoms with Gasteiger partial charge in [-0.1, -0.05) is 19.9 Å². The summed E-state index contributed by atoms with van der Waals surface area (Å²) >= 11 is 1.26. The maximum Gasteiger partial charge on any atom is 0.228 e. The Bertz CT molecular complexity index is 688. The number of carbonyl (C=O) groups is 1. The van der Waals surface area contributed by atoms with Crippen molar-refractivity contribution < 1.29 is 18.7 Å². The van der Waals surface area contributed by atoms with Crippen molar-refractivity contribution in [2.75, 3.05) is 5.32 Å². The molecule has 0 aliphatic rings. The second kappa shape index (κ2) is 7.61. The minimum Gasteiger partial charge on any atom is -0.392 e. The molecule has 2 rings (SSSR count). The number of rotatable bonds is 6. The molecular formula is C16H18F2N2O2S. The van der Waals surface area contributed by atoms with Crippen LogP contribution < -0.4 is 5.32 Å². The Hall–Kier alpha value is -1.86. The van der Waals surface area contributed by atoms with Crippen molar-refractivity contribution in [2.45, 2.75) is 32.8 Å². The van der Waals surface area contributed by atoms with Gasteiger partial charge in [-0.05, 0) is 23.6 Å². The van der Waals surface area contributed by atoms with E-state index in [9.17, 15) is 18.7 Å². The molecule has 0 saturated carbocycles. The van der Waals surface area contributed by atoms with E-state index in [0.29, 0.717) is 17.1 Å². The Morgan fingerprint density at radius 2 is 2.09 bits per heavy atom. The molecule has 1 amide bonds. The van der Waals surface area contributed by atoms with E-state index in [-0.39, 0.29) is 18.2 Å². The topological polar surface area (TPSA) is 62.2 Å². The van der Waals surface area contributed by atoms with Gasteiger partial charge in [-0.15, -0.1) is 11.3 Å². The minimum absolute atomic E-state index is 0.000906. The van der Waals surface area contributed by atoms with E-state index in [1.807, 2.05) is 13.8 Å². The molecule has 124 valence electrons. The highest BCUT2D eigenvalue weighted by Crippen LogP contribution is 2.22. The molecule has 23 heavy (non-hydrogen) atoms. The predicted molar refractivity (Wildman–Crippen MR) is 85.4 cm³/mol. The number of nitrogens with one attached hydrogen (secondary N) is 1. The maximum atomic E-state index is 13.2. The molecule has 0 aliphatic carbocycles. The third-order valence-corrected chi connectivity index (χ3v) is 4.24. The van der Waals surface area contributed by atoms with Crippen LogP contribution in [0.25, 0.3) is 0 Å². The van der Waals surface area contributed by atoms with E-state index in [0.717, 1.165) is 17.0 Å². The van der Waals surface area contributed by atoms with Crippen LogP contribution in [0.3, 0.4) is 0 Å². The number of carbonyl (C=O) groups excluding carboxylic acids is 1. The summed E-state index contributed by atoms with van der Waals surface area (Å²) in [5.74, 6) is -2.07. The van der Waals surface area contributed by atoms with Crippen molar-refractivity contribution in [2.24, 2.45) is 5.92 Å². The number of hydrogen-bond donors (Lipinski definition) is 2. The first-order chi connectivity index (χ1) is 10.8. The maximum absolute atomic E-state index is 13.2. The second-order valence-corrected chi connectivity index (χ2v) is 6.74. The van der Waals surface area contributed by atoms with Gasteiger partial charge in [-0.25, -0.2) is 13.8 Å². The van der Waals surface area contributed by atoms with Gasteiger partial charge >= 0.3 is 0 Å². The molecule has 4 nitrogen and oxygen atoms in total. The summed E-state index contributed by atoms with van der Waals surface area (Å²) in [4.78, 5) is 16.7. The van der Waals surface area contributed by atoms with Crippen LogP contribution in [-0.4, -0.2) is 22.1 Å². The Kier molecular flexibility index (Phi) is 5.79. The van der Waals surface area contributed by atoms with Gasteiger partial charge < -0.3 is 10.4 Å². The molecule has 1 unspecified atom stereocenters. The summed E-state index contributed by atoms with van der Waals surface area (Å²) in [5, 5.41) is 12.7. The van der Waals surface area contributed by atoms with Gasteiger partial charge in [0.1, 0.15) is 0 Å². The van der Waals surface area contributed by atoms with Gasteiger partial charge in [0.2, 0.25) is 5.91 Å². The molecule has 0 saturated heterocycles. The van der Waals surface area contributed by atoms with Crippen LogP contribution in [0.5, 0.6) is 0 Å². The fraction of sp³-hybridized carbons (Fsp3) is 0.375. The highest BCUT2D eigenvalue weighted by atomic mass is 32.1. The molecule has 0 aliphatic heterocycles.